The number of fused-ring (bicyclic) bond motifs is 1. The molecule has 2 aromatic rings. The van der Waals surface area contributed by atoms with Gasteiger partial charge in [0.2, 0.25) is 0 Å². The van der Waals surface area contributed by atoms with Crippen LogP contribution in [0.5, 0.6) is 5.75 Å². The molecule has 2 aliphatic rings. The Kier molecular flexibility index (Phi) is 4.77. The molecule has 7 nitrogen and oxygen atoms in total. The van der Waals surface area contributed by atoms with E-state index in [-0.39, 0.29) is 12.5 Å². The van der Waals surface area contributed by atoms with Crippen molar-refractivity contribution in [3.8, 4) is 17.1 Å². The number of H-pyrrole nitrogens is 1. The topological polar surface area (TPSA) is 97.2 Å². The van der Waals surface area contributed by atoms with Crippen LogP contribution in [-0.2, 0) is 4.79 Å². The number of nitrogens with zero attached hydrogens (tertiary/aromatic N) is 1. The van der Waals surface area contributed by atoms with Gasteiger partial charge in [-0.2, -0.15) is 0 Å². The molecule has 0 bridgehead atoms. The van der Waals surface area contributed by atoms with Gasteiger partial charge in [0, 0.05) is 11.6 Å². The lowest BCUT2D eigenvalue weighted by molar-refractivity contribution is -0.123. The minimum absolute atomic E-state index is 0.00593. The fraction of sp³-hybridized carbons (Fsp3) is 0.526. The van der Waals surface area contributed by atoms with Gasteiger partial charge in [0.1, 0.15) is 5.75 Å². The van der Waals surface area contributed by atoms with E-state index in [0.717, 1.165) is 24.7 Å². The van der Waals surface area contributed by atoms with Crippen molar-refractivity contribution in [3.05, 3.63) is 34.8 Å². The standard InChI is InChI=1S/C19H23N3O4/c23-17(20-15-9-13-3-1-2-4-14(13)10-15)11-25-16-7-5-12(6-8-16)18-21-19(24)26-22-18/h5-8,13-15H,1-4,9-11H2,(H,20,23)(H,21,22,24)/t13-,14+,15?. The van der Waals surface area contributed by atoms with E-state index in [1.54, 1.807) is 24.3 Å². The molecule has 2 saturated carbocycles. The van der Waals surface area contributed by atoms with Gasteiger partial charge in [-0.25, -0.2) is 4.79 Å². The maximum atomic E-state index is 12.2. The van der Waals surface area contributed by atoms with E-state index < -0.39 is 5.76 Å². The second-order valence-electron chi connectivity index (χ2n) is 7.30. The number of hydrogen-bond donors (Lipinski definition) is 2. The average molecular weight is 357 g/mol. The van der Waals surface area contributed by atoms with Crippen molar-refractivity contribution in [2.75, 3.05) is 6.61 Å². The number of carbonyl (C=O) groups excluding carboxylic acids is 1. The van der Waals surface area contributed by atoms with Crippen LogP contribution in [0, 0.1) is 11.8 Å². The number of ether oxygens (including phenoxy) is 1. The summed E-state index contributed by atoms with van der Waals surface area (Å²) in [7, 11) is 0. The van der Waals surface area contributed by atoms with Crippen LogP contribution in [-0.4, -0.2) is 28.7 Å². The number of rotatable bonds is 5. The maximum absolute atomic E-state index is 12.2. The van der Waals surface area contributed by atoms with Gasteiger partial charge in [0.25, 0.3) is 5.91 Å². The fourth-order valence-electron chi connectivity index (χ4n) is 4.33. The molecule has 1 unspecified atom stereocenters. The fourth-order valence-corrected chi connectivity index (χ4v) is 4.33. The molecule has 0 spiro atoms. The first-order valence-corrected chi connectivity index (χ1v) is 9.26. The van der Waals surface area contributed by atoms with Crippen molar-refractivity contribution in [3.63, 3.8) is 0 Å². The summed E-state index contributed by atoms with van der Waals surface area (Å²) >= 11 is 0. The van der Waals surface area contributed by atoms with E-state index in [1.165, 1.54) is 25.7 Å². The lowest BCUT2D eigenvalue weighted by Gasteiger charge is -2.23. The Morgan fingerprint density at radius 2 is 1.88 bits per heavy atom. The van der Waals surface area contributed by atoms with E-state index in [4.69, 9.17) is 4.74 Å². The first kappa shape index (κ1) is 16.9. The number of carbonyl (C=O) groups is 1. The van der Waals surface area contributed by atoms with Crippen LogP contribution in [0.4, 0.5) is 0 Å². The van der Waals surface area contributed by atoms with Crippen LogP contribution >= 0.6 is 0 Å². The number of hydrogen-bond acceptors (Lipinski definition) is 5. The molecule has 7 heteroatoms. The maximum Gasteiger partial charge on any atom is 0.439 e. The number of amides is 1. The lowest BCUT2D eigenvalue weighted by Crippen LogP contribution is -2.36. The summed E-state index contributed by atoms with van der Waals surface area (Å²) in [5.74, 6) is 1.88. The number of aromatic nitrogens is 2. The Hall–Kier alpha value is -2.57. The zero-order valence-corrected chi connectivity index (χ0v) is 14.6. The van der Waals surface area contributed by atoms with Crippen molar-refractivity contribution in [1.29, 1.82) is 0 Å². The van der Waals surface area contributed by atoms with Crippen molar-refractivity contribution in [2.24, 2.45) is 11.8 Å². The highest BCUT2D eigenvalue weighted by Crippen LogP contribution is 2.42. The van der Waals surface area contributed by atoms with Crippen LogP contribution in [0.1, 0.15) is 38.5 Å². The Bertz CT molecular complexity index is 797. The third-order valence-electron chi connectivity index (χ3n) is 5.54. The zero-order valence-electron chi connectivity index (χ0n) is 14.6. The van der Waals surface area contributed by atoms with Crippen LogP contribution in [0.2, 0.25) is 0 Å². The summed E-state index contributed by atoms with van der Waals surface area (Å²) in [6.07, 6.45) is 7.53. The molecule has 1 aromatic heterocycles. The van der Waals surface area contributed by atoms with E-state index in [9.17, 15) is 9.59 Å². The molecule has 2 fully saturated rings. The summed E-state index contributed by atoms with van der Waals surface area (Å²) in [5.41, 5.74) is 0.709. The minimum atomic E-state index is -0.594. The molecule has 0 saturated heterocycles. The number of benzene rings is 1. The largest absolute Gasteiger partial charge is 0.484 e. The molecule has 2 aliphatic carbocycles. The lowest BCUT2D eigenvalue weighted by atomic mass is 9.82. The van der Waals surface area contributed by atoms with Gasteiger partial charge in [-0.1, -0.05) is 30.8 Å². The average Bonchev–Trinajstić information content (AvgIpc) is 3.26. The molecule has 1 amide bonds. The molecule has 0 aliphatic heterocycles. The molecule has 1 heterocycles. The summed E-state index contributed by atoms with van der Waals surface area (Å²) in [6, 6.07) is 7.27. The molecule has 26 heavy (non-hydrogen) atoms. The highest BCUT2D eigenvalue weighted by molar-refractivity contribution is 5.77. The summed E-state index contributed by atoms with van der Waals surface area (Å²) in [6.45, 7) is 0.00593. The van der Waals surface area contributed by atoms with Gasteiger partial charge in [0.05, 0.1) is 0 Å². The van der Waals surface area contributed by atoms with Crippen LogP contribution in [0.3, 0.4) is 0 Å². The van der Waals surface area contributed by atoms with Crippen molar-refractivity contribution >= 4 is 5.91 Å². The zero-order chi connectivity index (χ0) is 17.9. The first-order chi connectivity index (χ1) is 12.7. The van der Waals surface area contributed by atoms with Gasteiger partial charge in [-0.15, -0.1) is 0 Å². The van der Waals surface area contributed by atoms with Crippen molar-refractivity contribution in [2.45, 2.75) is 44.6 Å². The number of aromatic amines is 1. The summed E-state index contributed by atoms with van der Waals surface area (Å²) in [4.78, 5) is 25.6. The van der Waals surface area contributed by atoms with E-state index in [2.05, 4.69) is 20.0 Å². The van der Waals surface area contributed by atoms with Gasteiger partial charge in [0.15, 0.2) is 12.4 Å². The monoisotopic (exact) mass is 357 g/mol. The molecule has 4 rings (SSSR count). The van der Waals surface area contributed by atoms with Crippen molar-refractivity contribution < 1.29 is 14.1 Å². The summed E-state index contributed by atoms with van der Waals surface area (Å²) in [5, 5.41) is 6.75. The second-order valence-corrected chi connectivity index (χ2v) is 7.30. The highest BCUT2D eigenvalue weighted by atomic mass is 16.5. The van der Waals surface area contributed by atoms with E-state index in [1.807, 2.05) is 0 Å². The SMILES string of the molecule is O=C(COc1ccc(-c2noc(=O)[nH]2)cc1)NC1C[C@H]2CCCC[C@H]2C1. The molecule has 138 valence electrons. The Labute approximate surface area is 151 Å². The van der Waals surface area contributed by atoms with Gasteiger partial charge in [-0.05, 0) is 48.9 Å². The Balaban J connectivity index is 1.26. The van der Waals surface area contributed by atoms with Gasteiger partial charge < -0.3 is 10.1 Å². The Morgan fingerprint density at radius 1 is 1.19 bits per heavy atom. The molecular formula is C19H23N3O4. The smallest absolute Gasteiger partial charge is 0.439 e. The highest BCUT2D eigenvalue weighted by Gasteiger charge is 2.36. The molecule has 0 radical (unpaired) electrons. The third-order valence-corrected chi connectivity index (χ3v) is 5.54. The normalized spacial score (nSPS) is 24.8. The molecular weight excluding hydrogens is 334 g/mol. The minimum Gasteiger partial charge on any atom is -0.484 e. The molecule has 3 atom stereocenters. The van der Waals surface area contributed by atoms with Crippen molar-refractivity contribution in [1.82, 2.24) is 15.5 Å². The first-order valence-electron chi connectivity index (χ1n) is 9.26. The Morgan fingerprint density at radius 3 is 2.50 bits per heavy atom. The van der Waals surface area contributed by atoms with Gasteiger partial charge in [-0.3, -0.25) is 14.3 Å². The van der Waals surface area contributed by atoms with E-state index in [0.29, 0.717) is 23.2 Å². The van der Waals surface area contributed by atoms with Crippen LogP contribution in [0.25, 0.3) is 11.4 Å². The van der Waals surface area contributed by atoms with E-state index >= 15 is 0 Å². The van der Waals surface area contributed by atoms with Gasteiger partial charge >= 0.3 is 5.76 Å². The predicted molar refractivity (Wildman–Crippen MR) is 94.7 cm³/mol. The molecule has 1 aromatic carbocycles. The van der Waals surface area contributed by atoms with Crippen LogP contribution in [0.15, 0.2) is 33.6 Å². The third kappa shape index (κ3) is 3.81. The molecule has 2 N–H and O–H groups in total. The summed E-state index contributed by atoms with van der Waals surface area (Å²) < 4.78 is 10.0. The van der Waals surface area contributed by atoms with Crippen LogP contribution < -0.4 is 15.8 Å². The second kappa shape index (κ2) is 7.35. The number of nitrogens with one attached hydrogen (secondary N) is 2. The quantitative estimate of drug-likeness (QED) is 0.857. The predicted octanol–water partition coefficient (Wildman–Crippen LogP) is 2.49.